The summed E-state index contributed by atoms with van der Waals surface area (Å²) in [6.45, 7) is 3.06. The molecule has 0 radical (unpaired) electrons. The third-order valence-corrected chi connectivity index (χ3v) is 4.64. The van der Waals surface area contributed by atoms with Gasteiger partial charge in [-0.25, -0.2) is 0 Å². The van der Waals surface area contributed by atoms with Gasteiger partial charge in [-0.2, -0.15) is 0 Å². The van der Waals surface area contributed by atoms with Crippen molar-refractivity contribution in [2.24, 2.45) is 5.92 Å². The summed E-state index contributed by atoms with van der Waals surface area (Å²) in [5, 5.41) is 10.9. The smallest absolute Gasteiger partial charge is 0.241 e. The van der Waals surface area contributed by atoms with Crippen molar-refractivity contribution in [3.05, 3.63) is 30.3 Å². The summed E-state index contributed by atoms with van der Waals surface area (Å²) in [4.78, 5) is 15.7. The van der Waals surface area contributed by atoms with E-state index in [9.17, 15) is 9.90 Å². The van der Waals surface area contributed by atoms with Crippen molar-refractivity contribution in [3.63, 3.8) is 0 Å². The normalized spacial score (nSPS) is 24.8. The fraction of sp³-hybridized carbons (Fsp3) is 0.611. The Morgan fingerprint density at radius 3 is 2.36 bits per heavy atom. The van der Waals surface area contributed by atoms with Gasteiger partial charge in [0, 0.05) is 26.3 Å². The monoisotopic (exact) mass is 304 g/mol. The number of likely N-dealkylation sites (N-methyl/N-ethyl adjacent to an activating group) is 1. The number of carbonyl (C=O) groups excluding carboxylic acids is 1. The van der Waals surface area contributed by atoms with E-state index in [1.807, 2.05) is 35.2 Å². The zero-order chi connectivity index (χ0) is 16.2. The second-order valence-electron chi connectivity index (χ2n) is 6.89. The Morgan fingerprint density at radius 1 is 1.23 bits per heavy atom. The Labute approximate surface area is 133 Å². The molecule has 0 spiro atoms. The van der Waals surface area contributed by atoms with Crippen LogP contribution >= 0.6 is 0 Å². The average Bonchev–Trinajstić information content (AvgIpc) is 2.50. The fourth-order valence-electron chi connectivity index (χ4n) is 2.99. The van der Waals surface area contributed by atoms with E-state index in [-0.39, 0.29) is 5.91 Å². The molecule has 0 aromatic heterocycles. The third kappa shape index (κ3) is 4.47. The van der Waals surface area contributed by atoms with Crippen LogP contribution in [0.3, 0.4) is 0 Å². The highest BCUT2D eigenvalue weighted by Gasteiger charge is 2.34. The predicted molar refractivity (Wildman–Crippen MR) is 89.9 cm³/mol. The second-order valence-corrected chi connectivity index (χ2v) is 6.89. The maximum absolute atomic E-state index is 12.1. The van der Waals surface area contributed by atoms with Gasteiger partial charge in [0.1, 0.15) is 0 Å². The molecule has 0 saturated heterocycles. The molecule has 1 aliphatic rings. The number of anilines is 1. The Morgan fingerprint density at radius 2 is 1.82 bits per heavy atom. The van der Waals surface area contributed by atoms with Gasteiger partial charge >= 0.3 is 0 Å². The minimum atomic E-state index is -0.686. The van der Waals surface area contributed by atoms with Crippen LogP contribution in [0.15, 0.2) is 30.3 Å². The van der Waals surface area contributed by atoms with Crippen molar-refractivity contribution in [3.8, 4) is 0 Å². The SMILES string of the molecule is CC1CCC(O)(CN(CC(=O)N(C)C)c2ccccc2)CC1. The summed E-state index contributed by atoms with van der Waals surface area (Å²) in [6, 6.07) is 9.90. The lowest BCUT2D eigenvalue weighted by molar-refractivity contribution is -0.127. The maximum Gasteiger partial charge on any atom is 0.241 e. The van der Waals surface area contributed by atoms with Crippen molar-refractivity contribution in [1.82, 2.24) is 4.90 Å². The number of benzene rings is 1. The Hall–Kier alpha value is -1.55. The zero-order valence-corrected chi connectivity index (χ0v) is 14.0. The number of hydrogen-bond acceptors (Lipinski definition) is 3. The quantitative estimate of drug-likeness (QED) is 0.909. The van der Waals surface area contributed by atoms with Crippen molar-refractivity contribution in [2.45, 2.75) is 38.2 Å². The topological polar surface area (TPSA) is 43.8 Å². The van der Waals surface area contributed by atoms with E-state index in [2.05, 4.69) is 6.92 Å². The zero-order valence-electron chi connectivity index (χ0n) is 14.0. The highest BCUT2D eigenvalue weighted by molar-refractivity contribution is 5.81. The molecule has 1 aromatic rings. The molecule has 4 nitrogen and oxygen atoms in total. The van der Waals surface area contributed by atoms with Crippen LogP contribution in [0.25, 0.3) is 0 Å². The molecule has 0 atom stereocenters. The Kier molecular flexibility index (Phi) is 5.46. The fourth-order valence-corrected chi connectivity index (χ4v) is 2.99. The molecular formula is C18H28N2O2. The molecule has 4 heteroatoms. The van der Waals surface area contributed by atoms with E-state index in [1.165, 1.54) is 0 Å². The molecule has 1 fully saturated rings. The maximum atomic E-state index is 12.1. The number of hydrogen-bond donors (Lipinski definition) is 1. The molecule has 22 heavy (non-hydrogen) atoms. The van der Waals surface area contributed by atoms with Crippen LogP contribution in [0.1, 0.15) is 32.6 Å². The number of rotatable bonds is 5. The summed E-state index contributed by atoms with van der Waals surface area (Å²) in [7, 11) is 3.53. The van der Waals surface area contributed by atoms with Crippen LogP contribution in [0, 0.1) is 5.92 Å². The predicted octanol–water partition coefficient (Wildman–Crippen LogP) is 2.52. The molecule has 1 aliphatic carbocycles. The Balaban J connectivity index is 2.12. The van der Waals surface area contributed by atoms with Crippen molar-refractivity contribution >= 4 is 11.6 Å². The highest BCUT2D eigenvalue weighted by atomic mass is 16.3. The van der Waals surface area contributed by atoms with Gasteiger partial charge < -0.3 is 14.9 Å². The van der Waals surface area contributed by atoms with Gasteiger partial charge in [0.2, 0.25) is 5.91 Å². The largest absolute Gasteiger partial charge is 0.388 e. The lowest BCUT2D eigenvalue weighted by atomic mass is 9.79. The van der Waals surface area contributed by atoms with E-state index < -0.39 is 5.60 Å². The van der Waals surface area contributed by atoms with Gasteiger partial charge in [0.25, 0.3) is 0 Å². The van der Waals surface area contributed by atoms with Gasteiger partial charge in [-0.1, -0.05) is 25.1 Å². The van der Waals surface area contributed by atoms with Gasteiger partial charge in [-0.05, 0) is 43.7 Å². The van der Waals surface area contributed by atoms with Gasteiger partial charge in [0.05, 0.1) is 12.1 Å². The lowest BCUT2D eigenvalue weighted by Gasteiger charge is -2.39. The highest BCUT2D eigenvalue weighted by Crippen LogP contribution is 2.33. The van der Waals surface area contributed by atoms with Crippen LogP contribution in [-0.4, -0.2) is 48.7 Å². The first-order valence-electron chi connectivity index (χ1n) is 8.12. The molecule has 1 aromatic carbocycles. The van der Waals surface area contributed by atoms with Crippen molar-refractivity contribution in [2.75, 3.05) is 32.1 Å². The molecule has 0 heterocycles. The molecule has 122 valence electrons. The molecular weight excluding hydrogens is 276 g/mol. The second kappa shape index (κ2) is 7.14. The molecule has 0 aliphatic heterocycles. The van der Waals surface area contributed by atoms with E-state index in [0.29, 0.717) is 19.0 Å². The summed E-state index contributed by atoms with van der Waals surface area (Å²) in [6.07, 6.45) is 3.74. The van der Waals surface area contributed by atoms with E-state index >= 15 is 0 Å². The molecule has 1 saturated carbocycles. The average molecular weight is 304 g/mol. The minimum absolute atomic E-state index is 0.0524. The van der Waals surface area contributed by atoms with Crippen LogP contribution in [0.4, 0.5) is 5.69 Å². The van der Waals surface area contributed by atoms with Crippen LogP contribution < -0.4 is 4.90 Å². The number of aliphatic hydroxyl groups is 1. The molecule has 0 bridgehead atoms. The standard InChI is InChI=1S/C18H28N2O2/c1-15-9-11-18(22,12-10-15)14-20(13-17(21)19(2)3)16-7-5-4-6-8-16/h4-8,15,22H,9-14H2,1-3H3. The first kappa shape index (κ1) is 16.8. The van der Waals surface area contributed by atoms with E-state index in [4.69, 9.17) is 0 Å². The number of para-hydroxylation sites is 1. The van der Waals surface area contributed by atoms with Crippen molar-refractivity contribution in [1.29, 1.82) is 0 Å². The van der Waals surface area contributed by atoms with Crippen LogP contribution in [-0.2, 0) is 4.79 Å². The first-order chi connectivity index (χ1) is 10.4. The molecule has 0 unspecified atom stereocenters. The van der Waals surface area contributed by atoms with E-state index in [0.717, 1.165) is 31.4 Å². The van der Waals surface area contributed by atoms with Crippen LogP contribution in [0.2, 0.25) is 0 Å². The molecule has 1 N–H and O–H groups in total. The number of nitrogens with zero attached hydrogens (tertiary/aromatic N) is 2. The van der Waals surface area contributed by atoms with Crippen LogP contribution in [0.5, 0.6) is 0 Å². The first-order valence-corrected chi connectivity index (χ1v) is 8.12. The molecule has 1 amide bonds. The minimum Gasteiger partial charge on any atom is -0.388 e. The summed E-state index contributed by atoms with van der Waals surface area (Å²) in [5.41, 5.74) is 0.305. The summed E-state index contributed by atoms with van der Waals surface area (Å²) >= 11 is 0. The van der Waals surface area contributed by atoms with E-state index in [1.54, 1.807) is 19.0 Å². The Bertz CT molecular complexity index is 479. The van der Waals surface area contributed by atoms with Gasteiger partial charge in [-0.15, -0.1) is 0 Å². The van der Waals surface area contributed by atoms with Gasteiger partial charge in [-0.3, -0.25) is 4.79 Å². The number of carbonyl (C=O) groups is 1. The molecule has 2 rings (SSSR count). The lowest BCUT2D eigenvalue weighted by Crippen LogP contribution is -2.48. The summed E-state index contributed by atoms with van der Waals surface area (Å²) in [5.74, 6) is 0.741. The van der Waals surface area contributed by atoms with Crippen molar-refractivity contribution < 1.29 is 9.90 Å². The third-order valence-electron chi connectivity index (χ3n) is 4.64. The number of amides is 1. The summed E-state index contributed by atoms with van der Waals surface area (Å²) < 4.78 is 0. The van der Waals surface area contributed by atoms with Gasteiger partial charge in [0.15, 0.2) is 0 Å².